The zero-order chi connectivity index (χ0) is 16.0. The number of halogens is 1. The van der Waals surface area contributed by atoms with Gasteiger partial charge in [-0.2, -0.15) is 0 Å². The lowest BCUT2D eigenvalue weighted by Gasteiger charge is -2.19. The quantitative estimate of drug-likeness (QED) is 0.666. The molecule has 4 N–H and O–H groups in total. The SMILES string of the molecule is COC(=O)c1ccc(CN(CC(N)=O)CC(N)=O)c(Br)c1. The first-order valence-corrected chi connectivity index (χ1v) is 6.78. The highest BCUT2D eigenvalue weighted by molar-refractivity contribution is 9.10. The number of nitrogens with zero attached hydrogens (tertiary/aromatic N) is 1. The number of amides is 2. The first-order chi connectivity index (χ1) is 9.83. The van der Waals surface area contributed by atoms with Gasteiger partial charge in [0.1, 0.15) is 0 Å². The first kappa shape index (κ1) is 17.1. The molecule has 114 valence electrons. The Hall–Kier alpha value is -1.93. The van der Waals surface area contributed by atoms with Gasteiger partial charge in [-0.25, -0.2) is 4.79 Å². The van der Waals surface area contributed by atoms with E-state index < -0.39 is 17.8 Å². The number of benzene rings is 1. The molecule has 0 aliphatic heterocycles. The fourth-order valence-electron chi connectivity index (χ4n) is 1.77. The minimum Gasteiger partial charge on any atom is -0.465 e. The van der Waals surface area contributed by atoms with Gasteiger partial charge in [0.2, 0.25) is 11.8 Å². The Labute approximate surface area is 130 Å². The van der Waals surface area contributed by atoms with Crippen molar-refractivity contribution in [2.45, 2.75) is 6.54 Å². The molecule has 0 radical (unpaired) electrons. The Bertz CT molecular complexity index is 546. The number of methoxy groups -OCH3 is 1. The largest absolute Gasteiger partial charge is 0.465 e. The number of carbonyl (C=O) groups excluding carboxylic acids is 3. The Morgan fingerprint density at radius 3 is 2.19 bits per heavy atom. The Kier molecular flexibility index (Phi) is 6.32. The highest BCUT2D eigenvalue weighted by atomic mass is 79.9. The maximum absolute atomic E-state index is 11.4. The lowest BCUT2D eigenvalue weighted by molar-refractivity contribution is -0.122. The molecule has 1 rings (SSSR count). The molecule has 1 aromatic rings. The van der Waals surface area contributed by atoms with Crippen LogP contribution in [-0.4, -0.2) is 42.9 Å². The molecule has 0 bridgehead atoms. The van der Waals surface area contributed by atoms with Gasteiger partial charge >= 0.3 is 5.97 Å². The van der Waals surface area contributed by atoms with Crippen LogP contribution in [0.4, 0.5) is 0 Å². The predicted octanol–water partition coefficient (Wildman–Crippen LogP) is 0.00830. The minimum atomic E-state index is -0.557. The van der Waals surface area contributed by atoms with Crippen molar-refractivity contribution in [1.82, 2.24) is 4.90 Å². The van der Waals surface area contributed by atoms with Crippen LogP contribution in [0.3, 0.4) is 0 Å². The molecule has 21 heavy (non-hydrogen) atoms. The molecule has 0 saturated carbocycles. The van der Waals surface area contributed by atoms with Crippen LogP contribution in [0.15, 0.2) is 22.7 Å². The summed E-state index contributed by atoms with van der Waals surface area (Å²) in [5, 5.41) is 0. The predicted molar refractivity (Wildman–Crippen MR) is 79.1 cm³/mol. The van der Waals surface area contributed by atoms with Crippen molar-refractivity contribution in [1.29, 1.82) is 0 Å². The molecular formula is C13H16BrN3O4. The number of hydrogen-bond acceptors (Lipinski definition) is 5. The molecule has 1 aromatic carbocycles. The summed E-state index contributed by atoms with van der Waals surface area (Å²) in [6.07, 6.45) is 0. The van der Waals surface area contributed by atoms with E-state index in [1.54, 1.807) is 18.2 Å². The van der Waals surface area contributed by atoms with Crippen LogP contribution in [0.25, 0.3) is 0 Å². The highest BCUT2D eigenvalue weighted by Gasteiger charge is 2.15. The summed E-state index contributed by atoms with van der Waals surface area (Å²) in [7, 11) is 1.30. The number of ether oxygens (including phenoxy) is 1. The Morgan fingerprint density at radius 2 is 1.76 bits per heavy atom. The normalized spacial score (nSPS) is 10.4. The second-order valence-corrected chi connectivity index (χ2v) is 5.23. The van der Waals surface area contributed by atoms with Crippen molar-refractivity contribution in [3.05, 3.63) is 33.8 Å². The van der Waals surface area contributed by atoms with E-state index in [0.29, 0.717) is 10.0 Å². The Morgan fingerprint density at radius 1 is 1.19 bits per heavy atom. The van der Waals surface area contributed by atoms with Crippen molar-refractivity contribution in [2.24, 2.45) is 11.5 Å². The van der Waals surface area contributed by atoms with Gasteiger partial charge in [0.05, 0.1) is 25.8 Å². The average molecular weight is 358 g/mol. The van der Waals surface area contributed by atoms with E-state index in [-0.39, 0.29) is 19.6 Å². The molecular weight excluding hydrogens is 342 g/mol. The second kappa shape index (κ2) is 7.75. The van der Waals surface area contributed by atoms with Crippen molar-refractivity contribution in [3.63, 3.8) is 0 Å². The first-order valence-electron chi connectivity index (χ1n) is 5.99. The summed E-state index contributed by atoms with van der Waals surface area (Å²) in [6, 6.07) is 4.90. The number of esters is 1. The molecule has 0 aromatic heterocycles. The van der Waals surface area contributed by atoms with Crippen molar-refractivity contribution < 1.29 is 19.1 Å². The number of carbonyl (C=O) groups is 3. The molecule has 0 saturated heterocycles. The van der Waals surface area contributed by atoms with E-state index in [4.69, 9.17) is 11.5 Å². The maximum atomic E-state index is 11.4. The second-order valence-electron chi connectivity index (χ2n) is 4.38. The molecule has 0 fully saturated rings. The molecule has 0 aliphatic carbocycles. The topological polar surface area (TPSA) is 116 Å². The molecule has 8 heteroatoms. The van der Waals surface area contributed by atoms with Gasteiger partial charge < -0.3 is 16.2 Å². The number of rotatable bonds is 7. The van der Waals surface area contributed by atoms with Gasteiger partial charge in [0, 0.05) is 11.0 Å². The van der Waals surface area contributed by atoms with Crippen LogP contribution >= 0.6 is 15.9 Å². The summed E-state index contributed by atoms with van der Waals surface area (Å²) in [5.74, 6) is -1.56. The van der Waals surface area contributed by atoms with E-state index >= 15 is 0 Å². The highest BCUT2D eigenvalue weighted by Crippen LogP contribution is 2.20. The monoisotopic (exact) mass is 357 g/mol. The summed E-state index contributed by atoms with van der Waals surface area (Å²) in [6.45, 7) is 0.107. The van der Waals surface area contributed by atoms with E-state index in [2.05, 4.69) is 20.7 Å². The maximum Gasteiger partial charge on any atom is 0.337 e. The van der Waals surface area contributed by atoms with Crippen molar-refractivity contribution >= 4 is 33.7 Å². The van der Waals surface area contributed by atoms with E-state index in [0.717, 1.165) is 5.56 Å². The summed E-state index contributed by atoms with van der Waals surface area (Å²) < 4.78 is 5.28. The van der Waals surface area contributed by atoms with Gasteiger partial charge in [0.15, 0.2) is 0 Å². The molecule has 0 atom stereocenters. The van der Waals surface area contributed by atoms with E-state index in [1.807, 2.05) is 0 Å². The molecule has 0 heterocycles. The fourth-order valence-corrected chi connectivity index (χ4v) is 2.27. The van der Waals surface area contributed by atoms with Crippen LogP contribution in [-0.2, 0) is 20.9 Å². The lowest BCUT2D eigenvalue weighted by atomic mass is 10.1. The van der Waals surface area contributed by atoms with Gasteiger partial charge in [-0.15, -0.1) is 0 Å². The third-order valence-electron chi connectivity index (χ3n) is 2.63. The summed E-state index contributed by atoms with van der Waals surface area (Å²) >= 11 is 3.34. The molecule has 7 nitrogen and oxygen atoms in total. The van der Waals surface area contributed by atoms with Gasteiger partial charge in [0.25, 0.3) is 0 Å². The fraction of sp³-hybridized carbons (Fsp3) is 0.308. The van der Waals surface area contributed by atoms with Crippen molar-refractivity contribution in [2.75, 3.05) is 20.2 Å². The minimum absolute atomic E-state index is 0.0892. The number of nitrogens with two attached hydrogens (primary N) is 2. The zero-order valence-electron chi connectivity index (χ0n) is 11.5. The van der Waals surface area contributed by atoms with Crippen LogP contribution in [0.1, 0.15) is 15.9 Å². The van der Waals surface area contributed by atoms with Gasteiger partial charge in [-0.1, -0.05) is 22.0 Å². The number of primary amides is 2. The van der Waals surface area contributed by atoms with Crippen molar-refractivity contribution in [3.8, 4) is 0 Å². The average Bonchev–Trinajstić information content (AvgIpc) is 2.38. The molecule has 0 unspecified atom stereocenters. The van der Waals surface area contributed by atoms with Crippen LogP contribution in [0, 0.1) is 0 Å². The van der Waals surface area contributed by atoms with Crippen LogP contribution < -0.4 is 11.5 Å². The van der Waals surface area contributed by atoms with Gasteiger partial charge in [-0.05, 0) is 17.7 Å². The molecule has 0 aliphatic rings. The summed E-state index contributed by atoms with van der Waals surface area (Å²) in [4.78, 5) is 34.9. The third-order valence-corrected chi connectivity index (χ3v) is 3.37. The smallest absolute Gasteiger partial charge is 0.337 e. The molecule has 0 spiro atoms. The third kappa shape index (κ3) is 5.52. The van der Waals surface area contributed by atoms with Gasteiger partial charge in [-0.3, -0.25) is 14.5 Å². The lowest BCUT2D eigenvalue weighted by Crippen LogP contribution is -2.39. The standard InChI is InChI=1S/C13H16BrN3O4/c1-21-13(20)8-2-3-9(10(14)4-8)5-17(6-11(15)18)7-12(16)19/h2-4H,5-7H2,1H3,(H2,15,18)(H2,16,19). The number of hydrogen-bond donors (Lipinski definition) is 2. The zero-order valence-corrected chi connectivity index (χ0v) is 13.1. The Balaban J connectivity index is 2.90. The van der Waals surface area contributed by atoms with E-state index in [9.17, 15) is 14.4 Å². The summed E-state index contributed by atoms with van der Waals surface area (Å²) in [5.41, 5.74) is 11.4. The van der Waals surface area contributed by atoms with Crippen LogP contribution in [0.5, 0.6) is 0 Å². The molecule has 2 amide bonds. The van der Waals surface area contributed by atoms with E-state index in [1.165, 1.54) is 12.0 Å². The van der Waals surface area contributed by atoms with Crippen LogP contribution in [0.2, 0.25) is 0 Å².